The second-order valence-corrected chi connectivity index (χ2v) is 2.85. The van der Waals surface area contributed by atoms with Crippen LogP contribution in [0.4, 0.5) is 26.3 Å². The quantitative estimate of drug-likeness (QED) is 0.590. The van der Waals surface area contributed by atoms with Gasteiger partial charge in [0.1, 0.15) is 0 Å². The molecule has 1 unspecified atom stereocenters. The third kappa shape index (κ3) is 1.67. The molecule has 0 radical (unpaired) electrons. The van der Waals surface area contributed by atoms with Gasteiger partial charge in [-0.15, -0.1) is 0 Å². The first-order chi connectivity index (χ1) is 5.26. The summed E-state index contributed by atoms with van der Waals surface area (Å²) in [5, 5.41) is 0. The van der Waals surface area contributed by atoms with E-state index in [0.29, 0.717) is 0 Å². The monoisotopic (exact) mass is 192 g/mol. The lowest BCUT2D eigenvalue weighted by Gasteiger charge is -2.21. The molecule has 0 amide bonds. The summed E-state index contributed by atoms with van der Waals surface area (Å²) in [7, 11) is 0. The van der Waals surface area contributed by atoms with E-state index in [1.165, 1.54) is 0 Å². The normalized spacial score (nSPS) is 22.5. The summed E-state index contributed by atoms with van der Waals surface area (Å²) < 4.78 is 71.3. The molecule has 1 aliphatic carbocycles. The highest BCUT2D eigenvalue weighted by atomic mass is 19.4. The fourth-order valence-corrected chi connectivity index (χ4v) is 0.893. The van der Waals surface area contributed by atoms with Gasteiger partial charge in [-0.3, -0.25) is 0 Å². The van der Waals surface area contributed by atoms with Gasteiger partial charge in [0.25, 0.3) is 12.1 Å². The van der Waals surface area contributed by atoms with Crippen molar-refractivity contribution in [2.24, 2.45) is 5.92 Å². The highest BCUT2D eigenvalue weighted by molar-refractivity contribution is 4.95. The minimum Gasteiger partial charge on any atom is -0.231 e. The van der Waals surface area contributed by atoms with Gasteiger partial charge in [0.15, 0.2) is 0 Å². The minimum atomic E-state index is -5.45. The Balaban J connectivity index is 2.67. The van der Waals surface area contributed by atoms with Gasteiger partial charge >= 0.3 is 6.18 Å². The Labute approximate surface area is 64.6 Å². The van der Waals surface area contributed by atoms with E-state index in [0.717, 1.165) is 0 Å². The topological polar surface area (TPSA) is 0 Å². The first kappa shape index (κ1) is 9.67. The van der Waals surface area contributed by atoms with E-state index < -0.39 is 24.2 Å². The molecular weight excluding hydrogens is 186 g/mol. The Morgan fingerprint density at radius 1 is 1.00 bits per heavy atom. The van der Waals surface area contributed by atoms with E-state index in [4.69, 9.17) is 0 Å². The molecule has 0 aromatic heterocycles. The van der Waals surface area contributed by atoms with Crippen molar-refractivity contribution >= 4 is 0 Å². The summed E-state index contributed by atoms with van der Waals surface area (Å²) >= 11 is 0. The molecule has 0 saturated heterocycles. The van der Waals surface area contributed by atoms with Crippen molar-refractivity contribution in [3.63, 3.8) is 0 Å². The molecule has 0 heterocycles. The second kappa shape index (κ2) is 2.53. The van der Waals surface area contributed by atoms with Crippen LogP contribution >= 0.6 is 0 Å². The molecule has 0 N–H and O–H groups in total. The molecule has 1 aliphatic rings. The summed E-state index contributed by atoms with van der Waals surface area (Å²) in [5.74, 6) is -5.66. The van der Waals surface area contributed by atoms with Gasteiger partial charge in [0.2, 0.25) is 0 Å². The molecule has 0 aliphatic heterocycles. The predicted octanol–water partition coefficient (Wildman–Crippen LogP) is 2.93. The molecule has 12 heavy (non-hydrogen) atoms. The standard InChI is InChI=1S/C6H6F6/c7-4(6(10,11)12)5(8,9)3-1-2-3/h3-4H,1-2H2. The van der Waals surface area contributed by atoms with Crippen molar-refractivity contribution < 1.29 is 26.3 Å². The average molecular weight is 192 g/mol. The third-order valence-corrected chi connectivity index (χ3v) is 1.75. The number of hydrogen-bond acceptors (Lipinski definition) is 0. The predicted molar refractivity (Wildman–Crippen MR) is 28.6 cm³/mol. The van der Waals surface area contributed by atoms with E-state index >= 15 is 0 Å². The van der Waals surface area contributed by atoms with Crippen LogP contribution in [-0.2, 0) is 0 Å². The van der Waals surface area contributed by atoms with Crippen molar-refractivity contribution in [1.29, 1.82) is 0 Å². The first-order valence-electron chi connectivity index (χ1n) is 3.35. The summed E-state index contributed by atoms with van der Waals surface area (Å²) in [6, 6.07) is 0. The molecule has 1 rings (SSSR count). The number of halogens is 6. The van der Waals surface area contributed by atoms with Gasteiger partial charge < -0.3 is 0 Å². The molecule has 0 nitrogen and oxygen atoms in total. The number of rotatable bonds is 2. The van der Waals surface area contributed by atoms with Crippen LogP contribution in [0.15, 0.2) is 0 Å². The van der Waals surface area contributed by atoms with Crippen LogP contribution < -0.4 is 0 Å². The number of alkyl halides is 6. The molecule has 0 aromatic carbocycles. The molecule has 1 saturated carbocycles. The van der Waals surface area contributed by atoms with Gasteiger partial charge in [-0.25, -0.2) is 13.2 Å². The molecule has 0 bridgehead atoms. The van der Waals surface area contributed by atoms with E-state index in [1.54, 1.807) is 0 Å². The lowest BCUT2D eigenvalue weighted by atomic mass is 10.1. The summed E-state index contributed by atoms with van der Waals surface area (Å²) in [5.41, 5.74) is 0. The highest BCUT2D eigenvalue weighted by Crippen LogP contribution is 2.49. The van der Waals surface area contributed by atoms with Crippen LogP contribution in [0.25, 0.3) is 0 Å². The van der Waals surface area contributed by atoms with E-state index in [2.05, 4.69) is 0 Å². The van der Waals surface area contributed by atoms with E-state index in [-0.39, 0.29) is 12.8 Å². The Kier molecular flexibility index (Phi) is 2.04. The van der Waals surface area contributed by atoms with Crippen molar-refractivity contribution in [3.8, 4) is 0 Å². The van der Waals surface area contributed by atoms with Crippen LogP contribution in [0.5, 0.6) is 0 Å². The van der Waals surface area contributed by atoms with E-state index in [1.807, 2.05) is 0 Å². The molecule has 72 valence electrons. The highest BCUT2D eigenvalue weighted by Gasteiger charge is 2.62. The largest absolute Gasteiger partial charge is 0.425 e. The average Bonchev–Trinajstić information content (AvgIpc) is 2.64. The molecule has 0 aromatic rings. The van der Waals surface area contributed by atoms with Gasteiger partial charge in [0.05, 0.1) is 0 Å². The van der Waals surface area contributed by atoms with Crippen LogP contribution in [-0.4, -0.2) is 18.3 Å². The van der Waals surface area contributed by atoms with Crippen molar-refractivity contribution in [1.82, 2.24) is 0 Å². The molecule has 6 heteroatoms. The smallest absolute Gasteiger partial charge is 0.231 e. The van der Waals surface area contributed by atoms with Crippen LogP contribution in [0, 0.1) is 5.92 Å². The van der Waals surface area contributed by atoms with Crippen molar-refractivity contribution in [2.75, 3.05) is 0 Å². The Morgan fingerprint density at radius 3 is 1.67 bits per heavy atom. The van der Waals surface area contributed by atoms with Gasteiger partial charge in [-0.05, 0) is 12.8 Å². The molecule has 1 fully saturated rings. The van der Waals surface area contributed by atoms with Gasteiger partial charge in [0, 0.05) is 5.92 Å². The lowest BCUT2D eigenvalue weighted by Crippen LogP contribution is -2.43. The van der Waals surface area contributed by atoms with Crippen LogP contribution in [0.1, 0.15) is 12.8 Å². The van der Waals surface area contributed by atoms with Crippen LogP contribution in [0.3, 0.4) is 0 Å². The lowest BCUT2D eigenvalue weighted by molar-refractivity contribution is -0.249. The molecule has 0 spiro atoms. The van der Waals surface area contributed by atoms with E-state index in [9.17, 15) is 26.3 Å². The first-order valence-corrected chi connectivity index (χ1v) is 3.35. The Morgan fingerprint density at radius 2 is 1.42 bits per heavy atom. The third-order valence-electron chi connectivity index (χ3n) is 1.75. The Bertz CT molecular complexity index is 167. The summed E-state index contributed by atoms with van der Waals surface area (Å²) in [6.45, 7) is 0. The minimum absolute atomic E-state index is 0.0243. The maximum absolute atomic E-state index is 12.4. The summed E-state index contributed by atoms with van der Waals surface area (Å²) in [4.78, 5) is 0. The summed E-state index contributed by atoms with van der Waals surface area (Å²) in [6.07, 6.45) is -9.52. The second-order valence-electron chi connectivity index (χ2n) is 2.85. The zero-order chi connectivity index (χ0) is 9.57. The van der Waals surface area contributed by atoms with Gasteiger partial charge in [-0.1, -0.05) is 0 Å². The molecular formula is C6H6F6. The zero-order valence-electron chi connectivity index (χ0n) is 5.84. The van der Waals surface area contributed by atoms with Crippen molar-refractivity contribution in [3.05, 3.63) is 0 Å². The molecule has 1 atom stereocenters. The maximum atomic E-state index is 12.4. The van der Waals surface area contributed by atoms with Crippen LogP contribution in [0.2, 0.25) is 0 Å². The fraction of sp³-hybridized carbons (Fsp3) is 1.00. The Hall–Kier alpha value is -0.420. The maximum Gasteiger partial charge on any atom is 0.425 e. The zero-order valence-corrected chi connectivity index (χ0v) is 5.84. The van der Waals surface area contributed by atoms with Crippen molar-refractivity contribution in [2.45, 2.75) is 31.1 Å². The SMILES string of the molecule is FC(C(F)(F)F)C(F)(F)C1CC1. The number of hydrogen-bond donors (Lipinski definition) is 0. The fourth-order valence-electron chi connectivity index (χ4n) is 0.893. The van der Waals surface area contributed by atoms with Gasteiger partial charge in [-0.2, -0.15) is 13.2 Å².